The van der Waals surface area contributed by atoms with Crippen LogP contribution in [0.2, 0.25) is 0 Å². The molecule has 1 aliphatic heterocycles. The van der Waals surface area contributed by atoms with Gasteiger partial charge in [0.2, 0.25) is 5.91 Å². The highest BCUT2D eigenvalue weighted by Crippen LogP contribution is 2.28. The van der Waals surface area contributed by atoms with Crippen molar-refractivity contribution in [3.05, 3.63) is 24.3 Å². The zero-order valence-electron chi connectivity index (χ0n) is 17.6. The number of nitrogens with one attached hydrogen (secondary N) is 1. The van der Waals surface area contributed by atoms with Crippen LogP contribution in [0.25, 0.3) is 0 Å². The number of hydrogen-bond donors (Lipinski definition) is 1. The van der Waals surface area contributed by atoms with Crippen molar-refractivity contribution in [1.29, 1.82) is 5.26 Å². The number of carbonyl (C=O) groups excluding carboxylic acids is 1. The quantitative estimate of drug-likeness (QED) is 0.654. The van der Waals surface area contributed by atoms with Crippen molar-refractivity contribution >= 4 is 23.4 Å². The summed E-state index contributed by atoms with van der Waals surface area (Å²) in [6, 6.07) is 11.2. The van der Waals surface area contributed by atoms with Crippen LogP contribution < -0.4 is 10.2 Å². The average Bonchev–Trinajstić information content (AvgIpc) is 2.77. The number of benzene rings is 1. The van der Waals surface area contributed by atoms with Crippen LogP contribution in [0.3, 0.4) is 0 Å². The lowest BCUT2D eigenvalue weighted by Gasteiger charge is -2.37. The van der Waals surface area contributed by atoms with Gasteiger partial charge in [0.25, 0.3) is 0 Å². The van der Waals surface area contributed by atoms with Crippen LogP contribution in [0.1, 0.15) is 44.9 Å². The summed E-state index contributed by atoms with van der Waals surface area (Å²) >= 11 is 1.80. The number of carbonyl (C=O) groups is 1. The van der Waals surface area contributed by atoms with Crippen molar-refractivity contribution < 1.29 is 4.79 Å². The first-order valence-electron chi connectivity index (χ1n) is 11.0. The Balaban J connectivity index is 1.32. The van der Waals surface area contributed by atoms with Gasteiger partial charge in [0.15, 0.2) is 0 Å². The van der Waals surface area contributed by atoms with Crippen LogP contribution >= 0.6 is 11.8 Å². The molecule has 1 amide bonds. The van der Waals surface area contributed by atoms with Gasteiger partial charge in [0.05, 0.1) is 6.07 Å². The lowest BCUT2D eigenvalue weighted by atomic mass is 9.84. The van der Waals surface area contributed by atoms with Crippen LogP contribution in [0.15, 0.2) is 29.2 Å². The number of hydrogen-bond acceptors (Lipinski definition) is 5. The van der Waals surface area contributed by atoms with Gasteiger partial charge in [-0.1, -0.05) is 6.07 Å². The molecule has 1 N–H and O–H groups in total. The molecule has 1 saturated heterocycles. The van der Waals surface area contributed by atoms with E-state index in [9.17, 15) is 4.79 Å². The predicted molar refractivity (Wildman–Crippen MR) is 120 cm³/mol. The van der Waals surface area contributed by atoms with Gasteiger partial charge in [-0.2, -0.15) is 5.26 Å². The molecule has 2 aliphatic rings. The molecule has 0 radical (unpaired) electrons. The van der Waals surface area contributed by atoms with E-state index >= 15 is 0 Å². The van der Waals surface area contributed by atoms with Crippen molar-refractivity contribution in [1.82, 2.24) is 10.2 Å². The molecule has 1 aromatic carbocycles. The summed E-state index contributed by atoms with van der Waals surface area (Å²) < 4.78 is 0. The van der Waals surface area contributed by atoms with E-state index in [2.05, 4.69) is 45.6 Å². The molecule has 1 aromatic rings. The molecule has 1 saturated carbocycles. The van der Waals surface area contributed by atoms with Gasteiger partial charge in [-0.05, 0) is 69.0 Å². The number of thioether (sulfide) groups is 1. The molecule has 0 atom stereocenters. The van der Waals surface area contributed by atoms with E-state index in [1.165, 1.54) is 36.4 Å². The highest BCUT2D eigenvalue weighted by Gasteiger charge is 2.24. The van der Waals surface area contributed by atoms with E-state index in [1.54, 1.807) is 11.8 Å². The summed E-state index contributed by atoms with van der Waals surface area (Å²) in [5.74, 6) is 0.828. The number of piperazine rings is 1. The Kier molecular flexibility index (Phi) is 8.69. The molecule has 3 rings (SSSR count). The third kappa shape index (κ3) is 6.94. The van der Waals surface area contributed by atoms with Crippen molar-refractivity contribution in [3.8, 4) is 6.07 Å². The second kappa shape index (κ2) is 11.5. The van der Waals surface area contributed by atoms with Gasteiger partial charge in [-0.15, -0.1) is 11.8 Å². The monoisotopic (exact) mass is 414 g/mol. The highest BCUT2D eigenvalue weighted by atomic mass is 32.2. The minimum atomic E-state index is 0.0379. The summed E-state index contributed by atoms with van der Waals surface area (Å²) in [6.07, 6.45) is 8.66. The maximum Gasteiger partial charge on any atom is 0.221 e. The standard InChI is InChI=1S/C23H34N4OS/c1-29-22-5-2-4-21(18-22)27-16-14-26(15-17-27)13-11-19-7-9-20(10-8-19)25-23(28)6-3-12-24/h2,4-5,18-20H,3,6-11,13-17H2,1H3,(H,25,28)/t19-,20-. The minimum Gasteiger partial charge on any atom is -0.369 e. The maximum absolute atomic E-state index is 11.8. The first kappa shape index (κ1) is 22.0. The number of anilines is 1. The van der Waals surface area contributed by atoms with Gasteiger partial charge in [0, 0.05) is 55.6 Å². The summed E-state index contributed by atoms with van der Waals surface area (Å²) in [6.45, 7) is 5.71. The Labute approximate surface area is 179 Å². The fourth-order valence-corrected chi connectivity index (χ4v) is 4.92. The van der Waals surface area contributed by atoms with E-state index in [0.29, 0.717) is 18.9 Å². The number of nitriles is 1. The molecular formula is C23H34N4OS. The summed E-state index contributed by atoms with van der Waals surface area (Å²) in [5, 5.41) is 11.7. The lowest BCUT2D eigenvalue weighted by Crippen LogP contribution is -2.47. The molecule has 0 bridgehead atoms. The van der Waals surface area contributed by atoms with Crippen LogP contribution in [-0.4, -0.2) is 55.8 Å². The van der Waals surface area contributed by atoms with E-state index < -0.39 is 0 Å². The van der Waals surface area contributed by atoms with E-state index in [-0.39, 0.29) is 5.91 Å². The molecule has 6 heteroatoms. The van der Waals surface area contributed by atoms with Crippen LogP contribution in [0.5, 0.6) is 0 Å². The largest absolute Gasteiger partial charge is 0.369 e. The van der Waals surface area contributed by atoms with Crippen molar-refractivity contribution in [3.63, 3.8) is 0 Å². The molecule has 0 aromatic heterocycles. The number of amides is 1. The fourth-order valence-electron chi connectivity index (χ4n) is 4.47. The second-order valence-electron chi connectivity index (χ2n) is 8.26. The van der Waals surface area contributed by atoms with Crippen molar-refractivity contribution in [2.75, 3.05) is 43.9 Å². The topological polar surface area (TPSA) is 59.4 Å². The van der Waals surface area contributed by atoms with Crippen LogP contribution in [-0.2, 0) is 4.79 Å². The maximum atomic E-state index is 11.8. The van der Waals surface area contributed by atoms with Gasteiger partial charge >= 0.3 is 0 Å². The Morgan fingerprint density at radius 1 is 1.21 bits per heavy atom. The molecule has 0 unspecified atom stereocenters. The Morgan fingerprint density at radius 3 is 2.66 bits per heavy atom. The molecule has 0 spiro atoms. The first-order chi connectivity index (χ1) is 14.2. The summed E-state index contributed by atoms with van der Waals surface area (Å²) in [4.78, 5) is 18.2. The number of nitrogens with zero attached hydrogens (tertiary/aromatic N) is 3. The zero-order chi connectivity index (χ0) is 20.5. The van der Waals surface area contributed by atoms with E-state index in [4.69, 9.17) is 5.26 Å². The molecule has 29 heavy (non-hydrogen) atoms. The van der Waals surface area contributed by atoms with Gasteiger partial charge in [-0.25, -0.2) is 0 Å². The molecule has 1 heterocycles. The number of rotatable bonds is 8. The third-order valence-corrected chi connectivity index (χ3v) is 7.05. The SMILES string of the molecule is CSc1cccc(N2CCN(CC[C@H]3CC[C@H](NC(=O)CCC#N)CC3)CC2)c1. The highest BCUT2D eigenvalue weighted by molar-refractivity contribution is 7.98. The van der Waals surface area contributed by atoms with Crippen LogP contribution in [0.4, 0.5) is 5.69 Å². The molecule has 1 aliphatic carbocycles. The summed E-state index contributed by atoms with van der Waals surface area (Å²) in [7, 11) is 0. The van der Waals surface area contributed by atoms with Crippen LogP contribution in [0, 0.1) is 17.2 Å². The normalized spacial score (nSPS) is 22.8. The van der Waals surface area contributed by atoms with E-state index in [1.807, 2.05) is 6.07 Å². The van der Waals surface area contributed by atoms with Crippen molar-refractivity contribution in [2.45, 2.75) is 55.9 Å². The summed E-state index contributed by atoms with van der Waals surface area (Å²) in [5.41, 5.74) is 1.35. The van der Waals surface area contributed by atoms with Gasteiger partial charge < -0.3 is 10.2 Å². The van der Waals surface area contributed by atoms with Crippen molar-refractivity contribution in [2.24, 2.45) is 5.92 Å². The fraction of sp³-hybridized carbons (Fsp3) is 0.652. The Morgan fingerprint density at radius 2 is 1.97 bits per heavy atom. The zero-order valence-corrected chi connectivity index (χ0v) is 18.4. The van der Waals surface area contributed by atoms with Gasteiger partial charge in [0.1, 0.15) is 0 Å². The predicted octanol–water partition coefficient (Wildman–Crippen LogP) is 3.90. The minimum absolute atomic E-state index is 0.0379. The Bertz CT molecular complexity index is 688. The van der Waals surface area contributed by atoms with Gasteiger partial charge in [-0.3, -0.25) is 9.69 Å². The molecule has 158 valence electrons. The lowest BCUT2D eigenvalue weighted by molar-refractivity contribution is -0.122. The molecule has 2 fully saturated rings. The molecular weight excluding hydrogens is 380 g/mol. The van der Waals surface area contributed by atoms with E-state index in [0.717, 1.165) is 44.9 Å². The third-order valence-electron chi connectivity index (χ3n) is 6.32. The second-order valence-corrected chi connectivity index (χ2v) is 9.14. The first-order valence-corrected chi connectivity index (χ1v) is 12.2. The smallest absolute Gasteiger partial charge is 0.221 e. The average molecular weight is 415 g/mol. The molecule has 5 nitrogen and oxygen atoms in total. The Hall–Kier alpha value is -1.71.